The van der Waals surface area contributed by atoms with Crippen LogP contribution in [0.3, 0.4) is 0 Å². The molecule has 40 heavy (non-hydrogen) atoms. The van der Waals surface area contributed by atoms with Gasteiger partial charge in [0.2, 0.25) is 5.95 Å². The lowest BCUT2D eigenvalue weighted by molar-refractivity contribution is 0.197. The van der Waals surface area contributed by atoms with Gasteiger partial charge in [0.15, 0.2) is 11.2 Å². The highest BCUT2D eigenvalue weighted by Gasteiger charge is 2.23. The summed E-state index contributed by atoms with van der Waals surface area (Å²) in [5.41, 5.74) is 7.45. The minimum absolute atomic E-state index is 0.00215. The Morgan fingerprint density at radius 1 is 1.00 bits per heavy atom. The number of halogens is 1. The van der Waals surface area contributed by atoms with Crippen LogP contribution in [0.4, 0.5) is 10.1 Å². The van der Waals surface area contributed by atoms with Gasteiger partial charge in [0.1, 0.15) is 11.5 Å². The maximum Gasteiger partial charge on any atom is 0.332 e. The number of benzene rings is 1. The number of nitrogens with two attached hydrogens (primary N) is 1. The first-order chi connectivity index (χ1) is 19.4. The van der Waals surface area contributed by atoms with E-state index in [4.69, 9.17) is 10.7 Å². The Bertz CT molecular complexity index is 1560. The molecule has 11 nitrogen and oxygen atoms in total. The third-order valence-corrected chi connectivity index (χ3v) is 7.14. The van der Waals surface area contributed by atoms with E-state index in [9.17, 15) is 19.1 Å². The van der Waals surface area contributed by atoms with Crippen molar-refractivity contribution >= 4 is 16.9 Å². The van der Waals surface area contributed by atoms with Gasteiger partial charge in [0, 0.05) is 50.8 Å². The number of aryl methyl sites for hydroxylation is 2. The number of para-hydroxylation sites is 1. The molecule has 214 valence electrons. The Balaban J connectivity index is 1.89. The molecule has 1 aromatic carbocycles. The number of nitrogen functional groups attached to an aromatic ring is 1. The summed E-state index contributed by atoms with van der Waals surface area (Å²) < 4.78 is 19.1. The highest BCUT2D eigenvalue weighted by atomic mass is 19.1. The predicted molar refractivity (Wildman–Crippen MR) is 152 cm³/mol. The Morgan fingerprint density at radius 3 is 2.48 bits per heavy atom. The van der Waals surface area contributed by atoms with Gasteiger partial charge in [-0.3, -0.25) is 23.8 Å². The van der Waals surface area contributed by atoms with Crippen LogP contribution in [0.25, 0.3) is 11.2 Å². The highest BCUT2D eigenvalue weighted by Crippen LogP contribution is 2.18. The normalized spacial score (nSPS) is 11.6. The van der Waals surface area contributed by atoms with Gasteiger partial charge >= 0.3 is 5.69 Å². The third-order valence-electron chi connectivity index (χ3n) is 7.14. The van der Waals surface area contributed by atoms with Crippen LogP contribution >= 0.6 is 0 Å². The third kappa shape index (κ3) is 6.28. The fraction of sp³-hybridized carbons (Fsp3) is 0.464. The largest absolute Gasteiger partial charge is 0.399 e. The molecule has 0 radical (unpaired) electrons. The molecule has 0 spiro atoms. The number of aliphatic hydroxyl groups is 1. The van der Waals surface area contributed by atoms with E-state index in [0.717, 1.165) is 12.0 Å². The van der Waals surface area contributed by atoms with Gasteiger partial charge in [-0.2, -0.15) is 4.39 Å². The number of rotatable bonds is 14. The number of hydrogen-bond donors (Lipinski definition) is 2. The summed E-state index contributed by atoms with van der Waals surface area (Å²) in [6, 6.07) is 7.46. The van der Waals surface area contributed by atoms with Crippen LogP contribution in [-0.2, 0) is 32.5 Å². The second-order valence-corrected chi connectivity index (χ2v) is 9.67. The lowest BCUT2D eigenvalue weighted by atomic mass is 10.1. The van der Waals surface area contributed by atoms with Crippen molar-refractivity contribution in [1.29, 1.82) is 0 Å². The standard InChI is InChI=1S/C28H37FN8O3/c1-3-5-13-37-27(39)24-26(36(28(37)40)14-10-20-8-6-7-9-21(20)30)33-23(19-22-25(29)32-12-11-31-22)35(24)16-15-34(4-2)17-18-38/h6-9,11-12,38H,3-5,10,13-19,30H2,1-2H3. The van der Waals surface area contributed by atoms with Crippen molar-refractivity contribution in [1.82, 2.24) is 33.6 Å². The van der Waals surface area contributed by atoms with E-state index in [1.165, 1.54) is 21.5 Å². The maximum absolute atomic E-state index is 14.5. The van der Waals surface area contributed by atoms with Gasteiger partial charge in [-0.05, 0) is 31.0 Å². The molecule has 0 saturated carbocycles. The molecule has 0 bridgehead atoms. The monoisotopic (exact) mass is 552 g/mol. The number of anilines is 1. The smallest absolute Gasteiger partial charge is 0.332 e. The minimum atomic E-state index is -0.714. The molecule has 12 heteroatoms. The van der Waals surface area contributed by atoms with Crippen LogP contribution in [0.1, 0.15) is 43.8 Å². The molecule has 0 amide bonds. The Kier molecular flexibility index (Phi) is 9.78. The summed E-state index contributed by atoms with van der Waals surface area (Å²) in [4.78, 5) is 42.2. The van der Waals surface area contributed by atoms with Crippen LogP contribution in [0.5, 0.6) is 0 Å². The zero-order chi connectivity index (χ0) is 28.6. The summed E-state index contributed by atoms with van der Waals surface area (Å²) >= 11 is 0. The topological polar surface area (TPSA) is 137 Å². The molecule has 4 aromatic rings. The van der Waals surface area contributed by atoms with Gasteiger partial charge in [0.25, 0.3) is 5.56 Å². The van der Waals surface area contributed by atoms with Gasteiger partial charge < -0.3 is 15.4 Å². The molecule has 0 saturated heterocycles. The fourth-order valence-corrected chi connectivity index (χ4v) is 4.85. The molecular formula is C28H37FN8O3. The van der Waals surface area contributed by atoms with Gasteiger partial charge in [0.05, 0.1) is 13.0 Å². The second-order valence-electron chi connectivity index (χ2n) is 9.67. The molecule has 0 aliphatic carbocycles. The lowest BCUT2D eigenvalue weighted by Crippen LogP contribution is -2.41. The maximum atomic E-state index is 14.5. The fourth-order valence-electron chi connectivity index (χ4n) is 4.85. The van der Waals surface area contributed by atoms with Gasteiger partial charge in [-0.15, -0.1) is 0 Å². The van der Waals surface area contributed by atoms with Crippen molar-refractivity contribution < 1.29 is 9.50 Å². The van der Waals surface area contributed by atoms with Crippen LogP contribution in [-0.4, -0.2) is 64.9 Å². The number of aliphatic hydroxyl groups excluding tert-OH is 1. The number of imidazole rings is 1. The lowest BCUT2D eigenvalue weighted by Gasteiger charge is -2.20. The number of unbranched alkanes of at least 4 members (excludes halogenated alkanes) is 1. The van der Waals surface area contributed by atoms with Crippen molar-refractivity contribution in [2.24, 2.45) is 0 Å². The molecule has 0 unspecified atom stereocenters. The molecular weight excluding hydrogens is 515 g/mol. The Hall–Kier alpha value is -3.90. The summed E-state index contributed by atoms with van der Waals surface area (Å²) in [7, 11) is 0. The number of hydrogen-bond acceptors (Lipinski definition) is 8. The summed E-state index contributed by atoms with van der Waals surface area (Å²) in [5.74, 6) is -0.305. The van der Waals surface area contributed by atoms with Crippen LogP contribution in [0.2, 0.25) is 0 Å². The molecule has 4 rings (SSSR count). The summed E-state index contributed by atoms with van der Waals surface area (Å²) in [6.07, 6.45) is 4.62. The Labute approximate surface area is 231 Å². The van der Waals surface area contributed by atoms with Crippen molar-refractivity contribution in [3.8, 4) is 0 Å². The average Bonchev–Trinajstić information content (AvgIpc) is 3.30. The summed E-state index contributed by atoms with van der Waals surface area (Å²) in [6.45, 7) is 6.58. The molecule has 0 aliphatic heterocycles. The first-order valence-electron chi connectivity index (χ1n) is 13.7. The van der Waals surface area contributed by atoms with Crippen molar-refractivity contribution in [3.63, 3.8) is 0 Å². The van der Waals surface area contributed by atoms with E-state index >= 15 is 0 Å². The van der Waals surface area contributed by atoms with Gasteiger partial charge in [-0.25, -0.2) is 14.8 Å². The van der Waals surface area contributed by atoms with Crippen molar-refractivity contribution in [3.05, 3.63) is 80.5 Å². The second kappa shape index (κ2) is 13.4. The molecule has 0 aliphatic rings. The number of aromatic nitrogens is 6. The van der Waals surface area contributed by atoms with Crippen molar-refractivity contribution in [2.45, 2.75) is 59.2 Å². The minimum Gasteiger partial charge on any atom is -0.399 e. The Morgan fingerprint density at radius 2 is 1.77 bits per heavy atom. The molecule has 3 N–H and O–H groups in total. The molecule has 3 heterocycles. The molecule has 3 aromatic heterocycles. The number of likely N-dealkylation sites (N-methyl/N-ethyl adjacent to an activating group) is 1. The first kappa shape index (κ1) is 29.1. The van der Waals surface area contributed by atoms with E-state index in [1.807, 2.05) is 43.0 Å². The first-order valence-corrected chi connectivity index (χ1v) is 13.7. The zero-order valence-corrected chi connectivity index (χ0v) is 23.1. The van der Waals surface area contributed by atoms with Gasteiger partial charge in [-0.1, -0.05) is 38.5 Å². The predicted octanol–water partition coefficient (Wildman–Crippen LogP) is 1.82. The van der Waals surface area contributed by atoms with E-state index < -0.39 is 17.2 Å². The molecule has 0 fully saturated rings. The van der Waals surface area contributed by atoms with E-state index in [0.29, 0.717) is 50.5 Å². The van der Waals surface area contributed by atoms with Crippen LogP contribution < -0.4 is 17.0 Å². The number of nitrogens with zero attached hydrogens (tertiary/aromatic N) is 7. The van der Waals surface area contributed by atoms with Crippen LogP contribution in [0.15, 0.2) is 46.2 Å². The van der Waals surface area contributed by atoms with Crippen molar-refractivity contribution in [2.75, 3.05) is 32.0 Å². The van der Waals surface area contributed by atoms with E-state index in [-0.39, 0.29) is 43.0 Å². The van der Waals surface area contributed by atoms with E-state index in [1.54, 1.807) is 4.57 Å². The molecule has 0 atom stereocenters. The average molecular weight is 553 g/mol. The highest BCUT2D eigenvalue weighted by molar-refractivity contribution is 5.71. The SMILES string of the molecule is CCCCn1c(=O)c2c(nc(Cc3nccnc3F)n2CCN(CC)CCO)n(CCc2ccccc2N)c1=O. The quantitative estimate of drug-likeness (QED) is 0.226. The van der Waals surface area contributed by atoms with E-state index in [2.05, 4.69) is 9.97 Å². The zero-order valence-electron chi connectivity index (χ0n) is 23.1. The number of fused-ring (bicyclic) bond motifs is 1. The summed E-state index contributed by atoms with van der Waals surface area (Å²) in [5, 5.41) is 9.46. The van der Waals surface area contributed by atoms with Crippen LogP contribution in [0, 0.1) is 5.95 Å².